The first kappa shape index (κ1) is 14.2. The molecular formula is C13H18N2O3. The molecule has 0 spiro atoms. The summed E-state index contributed by atoms with van der Waals surface area (Å²) >= 11 is 0. The first-order chi connectivity index (χ1) is 8.60. The molecule has 5 nitrogen and oxygen atoms in total. The van der Waals surface area contributed by atoms with Gasteiger partial charge in [0.25, 0.3) is 5.91 Å². The smallest absolute Gasteiger partial charge is 0.325 e. The maximum Gasteiger partial charge on any atom is 0.325 e. The molecule has 0 radical (unpaired) electrons. The summed E-state index contributed by atoms with van der Waals surface area (Å²) in [5, 5.41) is 0. The van der Waals surface area contributed by atoms with Gasteiger partial charge in [-0.25, -0.2) is 0 Å². The van der Waals surface area contributed by atoms with E-state index in [1.54, 1.807) is 12.3 Å². The maximum absolute atomic E-state index is 12.3. The number of carbonyl (C=O) groups is 2. The molecule has 0 saturated carbocycles. The molecule has 0 unspecified atom stereocenters. The van der Waals surface area contributed by atoms with E-state index >= 15 is 0 Å². The van der Waals surface area contributed by atoms with E-state index in [0.717, 1.165) is 12.0 Å². The Balaban J connectivity index is 2.89. The number of carbonyl (C=O) groups excluding carboxylic acids is 2. The Hall–Kier alpha value is -1.91. The lowest BCUT2D eigenvalue weighted by Gasteiger charge is -2.20. The van der Waals surface area contributed by atoms with Crippen molar-refractivity contribution in [1.29, 1.82) is 0 Å². The maximum atomic E-state index is 12.3. The Kier molecular flexibility index (Phi) is 5.30. The Morgan fingerprint density at radius 3 is 2.72 bits per heavy atom. The van der Waals surface area contributed by atoms with Gasteiger partial charge in [0, 0.05) is 12.7 Å². The molecule has 98 valence electrons. The van der Waals surface area contributed by atoms with Crippen LogP contribution in [0.1, 0.15) is 29.4 Å². The molecule has 1 aromatic rings. The lowest BCUT2D eigenvalue weighted by molar-refractivity contribution is -0.141. The van der Waals surface area contributed by atoms with Gasteiger partial charge in [-0.1, -0.05) is 13.0 Å². The van der Waals surface area contributed by atoms with Crippen LogP contribution in [0.3, 0.4) is 0 Å². The minimum atomic E-state index is -0.426. The van der Waals surface area contributed by atoms with Crippen molar-refractivity contribution in [2.45, 2.75) is 20.3 Å². The summed E-state index contributed by atoms with van der Waals surface area (Å²) < 4.78 is 4.59. The number of rotatable bonds is 5. The van der Waals surface area contributed by atoms with Gasteiger partial charge >= 0.3 is 5.97 Å². The average Bonchev–Trinajstić information content (AvgIpc) is 2.38. The number of pyridine rings is 1. The van der Waals surface area contributed by atoms with Crippen molar-refractivity contribution in [2.24, 2.45) is 0 Å². The van der Waals surface area contributed by atoms with E-state index < -0.39 is 5.97 Å². The molecule has 0 N–H and O–H groups in total. The van der Waals surface area contributed by atoms with Crippen molar-refractivity contribution in [2.75, 3.05) is 20.2 Å². The Bertz CT molecular complexity index is 432. The molecule has 0 atom stereocenters. The third-order valence-electron chi connectivity index (χ3n) is 2.54. The number of aromatic nitrogens is 1. The molecule has 1 rings (SSSR count). The van der Waals surface area contributed by atoms with Crippen LogP contribution in [0.5, 0.6) is 0 Å². The molecule has 1 aromatic heterocycles. The van der Waals surface area contributed by atoms with Gasteiger partial charge in [0.1, 0.15) is 12.2 Å². The van der Waals surface area contributed by atoms with Crippen LogP contribution in [-0.4, -0.2) is 42.0 Å². The summed E-state index contributed by atoms with van der Waals surface area (Å²) in [5.41, 5.74) is 1.18. The molecule has 1 amide bonds. The number of esters is 1. The Morgan fingerprint density at radius 1 is 1.44 bits per heavy atom. The van der Waals surface area contributed by atoms with Gasteiger partial charge in [-0.15, -0.1) is 0 Å². The molecule has 0 fully saturated rings. The van der Waals surface area contributed by atoms with E-state index in [-0.39, 0.29) is 12.5 Å². The van der Waals surface area contributed by atoms with Crippen molar-refractivity contribution in [3.63, 3.8) is 0 Å². The van der Waals surface area contributed by atoms with Crippen molar-refractivity contribution >= 4 is 11.9 Å². The zero-order valence-corrected chi connectivity index (χ0v) is 11.0. The lowest BCUT2D eigenvalue weighted by Crippen LogP contribution is -2.37. The highest BCUT2D eigenvalue weighted by molar-refractivity contribution is 5.95. The summed E-state index contributed by atoms with van der Waals surface area (Å²) in [5.74, 6) is -0.661. The molecule has 0 aliphatic heterocycles. The Labute approximate surface area is 107 Å². The second-order valence-corrected chi connectivity index (χ2v) is 3.97. The summed E-state index contributed by atoms with van der Waals surface area (Å²) in [4.78, 5) is 29.1. The fourth-order valence-electron chi connectivity index (χ4n) is 1.60. The van der Waals surface area contributed by atoms with E-state index in [2.05, 4.69) is 9.72 Å². The molecule has 0 aliphatic carbocycles. The van der Waals surface area contributed by atoms with Gasteiger partial charge in [0.2, 0.25) is 0 Å². The van der Waals surface area contributed by atoms with Gasteiger partial charge in [0.15, 0.2) is 0 Å². The molecule has 18 heavy (non-hydrogen) atoms. The normalized spacial score (nSPS) is 9.94. The molecule has 1 heterocycles. The van der Waals surface area contributed by atoms with Crippen molar-refractivity contribution in [1.82, 2.24) is 9.88 Å². The molecule has 0 aliphatic rings. The summed E-state index contributed by atoms with van der Waals surface area (Å²) in [6.45, 7) is 4.23. The van der Waals surface area contributed by atoms with Crippen LogP contribution in [0.4, 0.5) is 0 Å². The molecule has 0 saturated heterocycles. The third-order valence-corrected chi connectivity index (χ3v) is 2.54. The number of aryl methyl sites for hydroxylation is 1. The summed E-state index contributed by atoms with van der Waals surface area (Å²) in [6, 6.07) is 3.60. The topological polar surface area (TPSA) is 59.5 Å². The van der Waals surface area contributed by atoms with Crippen LogP contribution >= 0.6 is 0 Å². The third kappa shape index (κ3) is 3.55. The highest BCUT2D eigenvalue weighted by atomic mass is 16.5. The van der Waals surface area contributed by atoms with Crippen molar-refractivity contribution in [3.8, 4) is 0 Å². The lowest BCUT2D eigenvalue weighted by atomic mass is 10.2. The first-order valence-electron chi connectivity index (χ1n) is 5.87. The average molecular weight is 250 g/mol. The zero-order chi connectivity index (χ0) is 13.5. The summed E-state index contributed by atoms with van der Waals surface area (Å²) in [7, 11) is 1.31. The van der Waals surface area contributed by atoms with Gasteiger partial charge in [0.05, 0.1) is 7.11 Å². The van der Waals surface area contributed by atoms with Gasteiger partial charge < -0.3 is 9.64 Å². The number of hydrogen-bond donors (Lipinski definition) is 0. The molecule has 5 heteroatoms. The summed E-state index contributed by atoms with van der Waals surface area (Å²) in [6.07, 6.45) is 2.34. The standard InChI is InChI=1S/C13H18N2O3/c1-4-8-15(9-11(16)18-3)13(17)12-10(2)6-5-7-14-12/h5-7H,4,8-9H2,1-3H3. The molecular weight excluding hydrogens is 232 g/mol. The predicted octanol–water partition coefficient (Wildman–Crippen LogP) is 1.42. The predicted molar refractivity (Wildman–Crippen MR) is 67.2 cm³/mol. The van der Waals surface area contributed by atoms with E-state index in [1.807, 2.05) is 19.9 Å². The highest BCUT2D eigenvalue weighted by Gasteiger charge is 2.20. The minimum Gasteiger partial charge on any atom is -0.468 e. The van der Waals surface area contributed by atoms with Gasteiger partial charge in [-0.3, -0.25) is 14.6 Å². The van der Waals surface area contributed by atoms with Gasteiger partial charge in [-0.05, 0) is 25.0 Å². The molecule has 0 bridgehead atoms. The monoisotopic (exact) mass is 250 g/mol. The highest BCUT2D eigenvalue weighted by Crippen LogP contribution is 2.08. The minimum absolute atomic E-state index is 0.0425. The van der Waals surface area contributed by atoms with Crippen LogP contribution in [0, 0.1) is 6.92 Å². The Morgan fingerprint density at radius 2 is 2.17 bits per heavy atom. The number of methoxy groups -OCH3 is 1. The van der Waals surface area contributed by atoms with Crippen molar-refractivity contribution in [3.05, 3.63) is 29.6 Å². The fraction of sp³-hybridized carbons (Fsp3) is 0.462. The van der Waals surface area contributed by atoms with Crippen LogP contribution in [-0.2, 0) is 9.53 Å². The van der Waals surface area contributed by atoms with E-state index in [0.29, 0.717) is 12.2 Å². The number of hydrogen-bond acceptors (Lipinski definition) is 4. The second-order valence-electron chi connectivity index (χ2n) is 3.97. The van der Waals surface area contributed by atoms with E-state index in [9.17, 15) is 9.59 Å². The quantitative estimate of drug-likeness (QED) is 0.741. The first-order valence-corrected chi connectivity index (χ1v) is 5.87. The van der Waals surface area contributed by atoms with Crippen LogP contribution < -0.4 is 0 Å². The number of nitrogens with zero attached hydrogens (tertiary/aromatic N) is 2. The van der Waals surface area contributed by atoms with Gasteiger partial charge in [-0.2, -0.15) is 0 Å². The van der Waals surface area contributed by atoms with Crippen LogP contribution in [0.15, 0.2) is 18.3 Å². The van der Waals surface area contributed by atoms with Crippen LogP contribution in [0.25, 0.3) is 0 Å². The van der Waals surface area contributed by atoms with E-state index in [4.69, 9.17) is 0 Å². The molecule has 0 aromatic carbocycles. The van der Waals surface area contributed by atoms with E-state index in [1.165, 1.54) is 12.0 Å². The zero-order valence-electron chi connectivity index (χ0n) is 11.0. The fourth-order valence-corrected chi connectivity index (χ4v) is 1.60. The second kappa shape index (κ2) is 6.74. The number of amides is 1. The van der Waals surface area contributed by atoms with Crippen LogP contribution in [0.2, 0.25) is 0 Å². The largest absolute Gasteiger partial charge is 0.468 e. The SMILES string of the molecule is CCCN(CC(=O)OC)C(=O)c1ncccc1C. The number of ether oxygens (including phenoxy) is 1. The van der Waals surface area contributed by atoms with Crippen molar-refractivity contribution < 1.29 is 14.3 Å².